The van der Waals surface area contributed by atoms with E-state index in [1.807, 2.05) is 0 Å². The topological polar surface area (TPSA) is 12.0 Å². The molecule has 3 rings (SSSR count). The van der Waals surface area contributed by atoms with Crippen LogP contribution in [0, 0.1) is 0 Å². The molecular formula is C12H8Br3NSe. The first kappa shape index (κ1) is 13.6. The van der Waals surface area contributed by atoms with Gasteiger partial charge in [-0.05, 0) is 0 Å². The minimum absolute atomic E-state index is 0. The maximum absolute atomic E-state index is 3.52. The summed E-state index contributed by atoms with van der Waals surface area (Å²) in [5, 5.41) is 3.47. The predicted molar refractivity (Wildman–Crippen MR) is 86.9 cm³/mol. The second kappa shape index (κ2) is 5.45. The minimum atomic E-state index is 0. The van der Waals surface area contributed by atoms with Crippen molar-refractivity contribution in [3.8, 4) is 0 Å². The number of halogens is 3. The SMILES string of the molecule is Br.Brc1ccc2c(c1)[Se]c1cc(Br)ccc1N2. The molecule has 0 atom stereocenters. The first-order valence-corrected chi connectivity index (χ1v) is 8.06. The van der Waals surface area contributed by atoms with Gasteiger partial charge in [0.15, 0.2) is 0 Å². The fourth-order valence-corrected chi connectivity index (χ4v) is 5.27. The molecule has 0 amide bonds. The van der Waals surface area contributed by atoms with Crippen LogP contribution in [0.3, 0.4) is 0 Å². The Balaban J connectivity index is 0.00000108. The van der Waals surface area contributed by atoms with Crippen molar-refractivity contribution in [1.82, 2.24) is 0 Å². The van der Waals surface area contributed by atoms with Gasteiger partial charge >= 0.3 is 118 Å². The van der Waals surface area contributed by atoms with Crippen LogP contribution in [0.2, 0.25) is 0 Å². The zero-order valence-electron chi connectivity index (χ0n) is 8.54. The van der Waals surface area contributed by atoms with E-state index < -0.39 is 0 Å². The molecule has 0 saturated heterocycles. The molecule has 88 valence electrons. The molecule has 0 spiro atoms. The third-order valence-electron chi connectivity index (χ3n) is 2.38. The van der Waals surface area contributed by atoms with Crippen molar-refractivity contribution < 1.29 is 0 Å². The number of rotatable bonds is 0. The van der Waals surface area contributed by atoms with Gasteiger partial charge in [0.2, 0.25) is 0 Å². The van der Waals surface area contributed by atoms with E-state index in [0.29, 0.717) is 15.0 Å². The number of hydrogen-bond acceptors (Lipinski definition) is 1. The van der Waals surface area contributed by atoms with Gasteiger partial charge in [0.05, 0.1) is 0 Å². The van der Waals surface area contributed by atoms with Crippen molar-refractivity contribution in [2.45, 2.75) is 0 Å². The molecule has 0 aromatic heterocycles. The van der Waals surface area contributed by atoms with Gasteiger partial charge in [0, 0.05) is 0 Å². The van der Waals surface area contributed by atoms with Crippen LogP contribution in [0.5, 0.6) is 0 Å². The van der Waals surface area contributed by atoms with Crippen molar-refractivity contribution in [3.05, 3.63) is 45.3 Å². The third kappa shape index (κ3) is 2.79. The van der Waals surface area contributed by atoms with E-state index in [0.717, 1.165) is 8.95 Å². The molecule has 0 fully saturated rings. The van der Waals surface area contributed by atoms with Gasteiger partial charge in [0.25, 0.3) is 0 Å². The monoisotopic (exact) mass is 483 g/mol. The number of fused-ring (bicyclic) bond motifs is 2. The van der Waals surface area contributed by atoms with Gasteiger partial charge in [-0.15, -0.1) is 17.0 Å². The molecule has 1 aliphatic rings. The normalized spacial score (nSPS) is 11.9. The van der Waals surface area contributed by atoms with Crippen LogP contribution >= 0.6 is 48.8 Å². The Hall–Kier alpha value is 0.199. The van der Waals surface area contributed by atoms with Crippen molar-refractivity contribution in [1.29, 1.82) is 0 Å². The Labute approximate surface area is 134 Å². The summed E-state index contributed by atoms with van der Waals surface area (Å²) in [6.45, 7) is 0. The Kier molecular flexibility index (Phi) is 4.37. The van der Waals surface area contributed by atoms with E-state index in [1.54, 1.807) is 0 Å². The van der Waals surface area contributed by atoms with Gasteiger partial charge in [-0.3, -0.25) is 0 Å². The molecule has 1 aliphatic heterocycles. The maximum atomic E-state index is 3.52. The molecule has 0 bridgehead atoms. The summed E-state index contributed by atoms with van der Waals surface area (Å²) in [6, 6.07) is 12.8. The van der Waals surface area contributed by atoms with Crippen LogP contribution in [0.4, 0.5) is 11.4 Å². The molecule has 1 heterocycles. The zero-order valence-corrected chi connectivity index (χ0v) is 15.1. The predicted octanol–water partition coefficient (Wildman–Crippen LogP) is 3.50. The molecule has 2 aromatic rings. The van der Waals surface area contributed by atoms with Crippen LogP contribution in [0.25, 0.3) is 0 Å². The molecular weight excluding hydrogens is 477 g/mol. The number of hydrogen-bond donors (Lipinski definition) is 1. The molecule has 0 unspecified atom stereocenters. The summed E-state index contributed by atoms with van der Waals surface area (Å²) in [5.74, 6) is 0. The summed E-state index contributed by atoms with van der Waals surface area (Å²) in [7, 11) is 0. The van der Waals surface area contributed by atoms with Gasteiger partial charge in [-0.25, -0.2) is 0 Å². The summed E-state index contributed by atoms with van der Waals surface area (Å²) in [4.78, 5) is 0. The van der Waals surface area contributed by atoms with E-state index in [4.69, 9.17) is 0 Å². The molecule has 0 aliphatic carbocycles. The fraction of sp³-hybridized carbons (Fsp3) is 0. The average molecular weight is 485 g/mol. The molecule has 5 heteroatoms. The Morgan fingerprint density at radius 1 is 0.824 bits per heavy atom. The summed E-state index contributed by atoms with van der Waals surface area (Å²) >= 11 is 7.41. The number of anilines is 2. The van der Waals surface area contributed by atoms with Crippen LogP contribution in [-0.2, 0) is 0 Å². The standard InChI is InChI=1S/C12H7Br2NSe.BrH/c13-7-1-3-9-11(5-7)16-12-6-8(14)2-4-10(12)15-9;/h1-6,15H;1H. The number of benzene rings is 2. The van der Waals surface area contributed by atoms with Crippen molar-refractivity contribution >= 4 is 84.1 Å². The van der Waals surface area contributed by atoms with Crippen molar-refractivity contribution in [2.24, 2.45) is 0 Å². The summed E-state index contributed by atoms with van der Waals surface area (Å²) in [5.41, 5.74) is 2.47. The van der Waals surface area contributed by atoms with Crippen molar-refractivity contribution in [3.63, 3.8) is 0 Å². The van der Waals surface area contributed by atoms with Crippen LogP contribution < -0.4 is 14.2 Å². The Morgan fingerprint density at radius 2 is 1.29 bits per heavy atom. The van der Waals surface area contributed by atoms with E-state index in [-0.39, 0.29) is 17.0 Å². The van der Waals surface area contributed by atoms with Gasteiger partial charge in [-0.2, -0.15) is 0 Å². The molecule has 0 saturated carbocycles. The fourth-order valence-electron chi connectivity index (χ4n) is 1.63. The molecule has 0 radical (unpaired) electrons. The van der Waals surface area contributed by atoms with E-state index >= 15 is 0 Å². The number of nitrogens with one attached hydrogen (secondary N) is 1. The average Bonchev–Trinajstić information content (AvgIpc) is 2.26. The second-order valence-corrected chi connectivity index (χ2v) is 7.61. The van der Waals surface area contributed by atoms with Crippen LogP contribution in [0.1, 0.15) is 0 Å². The zero-order chi connectivity index (χ0) is 11.1. The van der Waals surface area contributed by atoms with E-state index in [1.165, 1.54) is 20.3 Å². The van der Waals surface area contributed by atoms with Crippen LogP contribution in [0.15, 0.2) is 45.3 Å². The van der Waals surface area contributed by atoms with Gasteiger partial charge in [-0.1, -0.05) is 0 Å². The molecule has 2 aromatic carbocycles. The summed E-state index contributed by atoms with van der Waals surface area (Å²) < 4.78 is 5.08. The second-order valence-electron chi connectivity index (χ2n) is 3.51. The Morgan fingerprint density at radius 3 is 1.76 bits per heavy atom. The summed E-state index contributed by atoms with van der Waals surface area (Å²) in [6.07, 6.45) is 0. The third-order valence-corrected chi connectivity index (χ3v) is 5.70. The molecule has 1 nitrogen and oxygen atoms in total. The first-order valence-electron chi connectivity index (χ1n) is 4.76. The quantitative estimate of drug-likeness (QED) is 0.482. The van der Waals surface area contributed by atoms with Gasteiger partial charge < -0.3 is 0 Å². The van der Waals surface area contributed by atoms with Crippen molar-refractivity contribution in [2.75, 3.05) is 5.32 Å². The van der Waals surface area contributed by atoms with E-state index in [2.05, 4.69) is 73.6 Å². The molecule has 1 N–H and O–H groups in total. The van der Waals surface area contributed by atoms with Gasteiger partial charge in [0.1, 0.15) is 0 Å². The molecule has 17 heavy (non-hydrogen) atoms. The Bertz CT molecular complexity index is 522. The van der Waals surface area contributed by atoms with Crippen LogP contribution in [-0.4, -0.2) is 15.0 Å². The van der Waals surface area contributed by atoms with E-state index in [9.17, 15) is 0 Å². The first-order chi connectivity index (χ1) is 7.72.